The summed E-state index contributed by atoms with van der Waals surface area (Å²) in [5.41, 5.74) is 0.440. The lowest BCUT2D eigenvalue weighted by Crippen LogP contribution is -2.01. The van der Waals surface area contributed by atoms with Crippen LogP contribution < -0.4 is 0 Å². The Morgan fingerprint density at radius 3 is 2.80 bits per heavy atom. The van der Waals surface area contributed by atoms with Crippen molar-refractivity contribution in [2.24, 2.45) is 0 Å². The van der Waals surface area contributed by atoms with E-state index in [2.05, 4.69) is 25.8 Å². The molecule has 0 N–H and O–H groups in total. The summed E-state index contributed by atoms with van der Waals surface area (Å²) in [6, 6.07) is 6.36. The molecular weight excluding hydrogens is 270 g/mol. The second-order valence-corrected chi connectivity index (χ2v) is 6.35. The number of nitriles is 1. The van der Waals surface area contributed by atoms with Gasteiger partial charge in [0.25, 0.3) is 0 Å². The molecular formula is C14H13N5S. The van der Waals surface area contributed by atoms with Gasteiger partial charge < -0.3 is 4.57 Å². The van der Waals surface area contributed by atoms with Gasteiger partial charge in [0.15, 0.2) is 5.16 Å². The number of hydrogen-bond donors (Lipinski definition) is 0. The molecule has 20 heavy (non-hydrogen) atoms. The molecule has 2 heterocycles. The summed E-state index contributed by atoms with van der Waals surface area (Å²) in [6.07, 6.45) is 6.60. The minimum absolute atomic E-state index is 0.440. The van der Waals surface area contributed by atoms with E-state index in [1.807, 2.05) is 6.07 Å². The third-order valence-corrected chi connectivity index (χ3v) is 4.55. The van der Waals surface area contributed by atoms with Crippen molar-refractivity contribution in [1.82, 2.24) is 19.7 Å². The van der Waals surface area contributed by atoms with E-state index in [0.29, 0.717) is 17.7 Å². The van der Waals surface area contributed by atoms with Crippen LogP contribution in [0.3, 0.4) is 0 Å². The molecule has 100 valence electrons. The summed E-state index contributed by atoms with van der Waals surface area (Å²) >= 11 is 1.58. The quantitative estimate of drug-likeness (QED) is 0.863. The second kappa shape index (κ2) is 4.60. The number of pyridine rings is 1. The molecule has 0 saturated heterocycles. The van der Waals surface area contributed by atoms with Crippen molar-refractivity contribution < 1.29 is 0 Å². The molecule has 2 fully saturated rings. The van der Waals surface area contributed by atoms with Crippen LogP contribution in [0.25, 0.3) is 0 Å². The first kappa shape index (κ1) is 11.9. The Balaban J connectivity index is 1.66. The average molecular weight is 283 g/mol. The molecule has 0 bridgehead atoms. The van der Waals surface area contributed by atoms with E-state index in [9.17, 15) is 0 Å². The Kier molecular flexibility index (Phi) is 2.74. The first-order chi connectivity index (χ1) is 9.85. The van der Waals surface area contributed by atoms with Gasteiger partial charge >= 0.3 is 0 Å². The minimum Gasteiger partial charge on any atom is -0.302 e. The summed E-state index contributed by atoms with van der Waals surface area (Å²) in [5.74, 6) is 1.77. The molecule has 2 aromatic heterocycles. The fraction of sp³-hybridized carbons (Fsp3) is 0.429. The third-order valence-electron chi connectivity index (χ3n) is 3.60. The van der Waals surface area contributed by atoms with Crippen LogP contribution in [-0.2, 0) is 0 Å². The SMILES string of the molecule is N#Cc1cc(Sc2nnc(C3CC3)n2C2CC2)ccn1. The Hall–Kier alpha value is -1.87. The molecule has 6 heteroatoms. The van der Waals surface area contributed by atoms with Crippen molar-refractivity contribution in [3.8, 4) is 6.07 Å². The highest BCUT2D eigenvalue weighted by molar-refractivity contribution is 7.99. The normalized spacial score (nSPS) is 17.9. The van der Waals surface area contributed by atoms with Crippen LogP contribution in [0.2, 0.25) is 0 Å². The fourth-order valence-electron chi connectivity index (χ4n) is 2.29. The molecule has 0 aliphatic heterocycles. The van der Waals surface area contributed by atoms with E-state index in [1.54, 1.807) is 24.0 Å². The number of hydrogen-bond acceptors (Lipinski definition) is 5. The zero-order valence-electron chi connectivity index (χ0n) is 10.9. The molecule has 2 saturated carbocycles. The van der Waals surface area contributed by atoms with Crippen molar-refractivity contribution in [1.29, 1.82) is 5.26 Å². The van der Waals surface area contributed by atoms with E-state index in [4.69, 9.17) is 5.26 Å². The topological polar surface area (TPSA) is 67.4 Å². The maximum absolute atomic E-state index is 8.91. The Morgan fingerprint density at radius 1 is 1.25 bits per heavy atom. The van der Waals surface area contributed by atoms with Gasteiger partial charge in [-0.2, -0.15) is 5.26 Å². The number of nitrogens with zero attached hydrogens (tertiary/aromatic N) is 5. The lowest BCUT2D eigenvalue weighted by Gasteiger charge is -2.07. The summed E-state index contributed by atoms with van der Waals surface area (Å²) in [4.78, 5) is 4.99. The molecule has 2 aliphatic rings. The van der Waals surface area contributed by atoms with Crippen molar-refractivity contribution in [2.45, 2.75) is 47.7 Å². The number of rotatable bonds is 4. The second-order valence-electron chi connectivity index (χ2n) is 5.31. The van der Waals surface area contributed by atoms with Gasteiger partial charge in [0.1, 0.15) is 17.6 Å². The van der Waals surface area contributed by atoms with E-state index in [-0.39, 0.29) is 0 Å². The maximum Gasteiger partial charge on any atom is 0.196 e. The highest BCUT2D eigenvalue weighted by Gasteiger charge is 2.36. The molecule has 0 aromatic carbocycles. The monoisotopic (exact) mass is 283 g/mol. The minimum atomic E-state index is 0.440. The molecule has 0 amide bonds. The molecule has 2 aliphatic carbocycles. The standard InChI is InChI=1S/C14H13N5S/c15-8-10-7-12(5-6-16-10)20-14-18-17-13(9-1-2-9)19(14)11-3-4-11/h5-7,9,11H,1-4H2. The van der Waals surface area contributed by atoms with Crippen LogP contribution in [0.4, 0.5) is 0 Å². The van der Waals surface area contributed by atoms with Crippen molar-refractivity contribution >= 4 is 11.8 Å². The Morgan fingerprint density at radius 2 is 2.10 bits per heavy atom. The fourth-order valence-corrected chi connectivity index (χ4v) is 3.23. The molecule has 4 rings (SSSR count). The Bertz CT molecular complexity index is 694. The van der Waals surface area contributed by atoms with Gasteiger partial charge in [-0.1, -0.05) is 0 Å². The summed E-state index contributed by atoms with van der Waals surface area (Å²) < 4.78 is 2.31. The van der Waals surface area contributed by atoms with Crippen LogP contribution in [0.15, 0.2) is 28.4 Å². The molecule has 5 nitrogen and oxygen atoms in total. The van der Waals surface area contributed by atoms with Gasteiger partial charge in [0, 0.05) is 23.1 Å². The predicted molar refractivity (Wildman–Crippen MR) is 73.3 cm³/mol. The molecule has 0 spiro atoms. The lowest BCUT2D eigenvalue weighted by atomic mass is 10.4. The van der Waals surface area contributed by atoms with Gasteiger partial charge in [0.05, 0.1) is 0 Å². The van der Waals surface area contributed by atoms with Crippen molar-refractivity contribution in [3.63, 3.8) is 0 Å². The van der Waals surface area contributed by atoms with Crippen LogP contribution in [-0.4, -0.2) is 19.7 Å². The first-order valence-electron chi connectivity index (χ1n) is 6.84. The van der Waals surface area contributed by atoms with Crippen LogP contribution >= 0.6 is 11.8 Å². The summed E-state index contributed by atoms with van der Waals surface area (Å²) in [7, 11) is 0. The van der Waals surface area contributed by atoms with Crippen molar-refractivity contribution in [3.05, 3.63) is 29.8 Å². The molecule has 0 unspecified atom stereocenters. The van der Waals surface area contributed by atoms with Gasteiger partial charge in [-0.3, -0.25) is 0 Å². The van der Waals surface area contributed by atoms with E-state index in [1.165, 1.54) is 25.7 Å². The largest absolute Gasteiger partial charge is 0.302 e. The smallest absolute Gasteiger partial charge is 0.196 e. The molecule has 0 atom stereocenters. The van der Waals surface area contributed by atoms with Crippen LogP contribution in [0, 0.1) is 11.3 Å². The van der Waals surface area contributed by atoms with Gasteiger partial charge in [-0.25, -0.2) is 4.98 Å². The van der Waals surface area contributed by atoms with Crippen LogP contribution in [0.1, 0.15) is 49.2 Å². The van der Waals surface area contributed by atoms with E-state index in [0.717, 1.165) is 15.9 Å². The average Bonchev–Trinajstić information content (AvgIpc) is 3.38. The van der Waals surface area contributed by atoms with Gasteiger partial charge in [0.2, 0.25) is 0 Å². The molecule has 2 aromatic rings. The first-order valence-corrected chi connectivity index (χ1v) is 7.65. The lowest BCUT2D eigenvalue weighted by molar-refractivity contribution is 0.627. The maximum atomic E-state index is 8.91. The van der Waals surface area contributed by atoms with E-state index < -0.39 is 0 Å². The predicted octanol–water partition coefficient (Wildman–Crippen LogP) is 2.91. The molecule has 0 radical (unpaired) electrons. The van der Waals surface area contributed by atoms with Crippen LogP contribution in [0.5, 0.6) is 0 Å². The van der Waals surface area contributed by atoms with Gasteiger partial charge in [-0.15, -0.1) is 10.2 Å². The highest BCUT2D eigenvalue weighted by Crippen LogP contribution is 2.46. The summed E-state index contributed by atoms with van der Waals surface area (Å²) in [5, 5.41) is 18.6. The highest BCUT2D eigenvalue weighted by atomic mass is 32.2. The van der Waals surface area contributed by atoms with Crippen molar-refractivity contribution in [2.75, 3.05) is 0 Å². The zero-order chi connectivity index (χ0) is 13.5. The Labute approximate surface area is 121 Å². The van der Waals surface area contributed by atoms with E-state index >= 15 is 0 Å². The van der Waals surface area contributed by atoms with Gasteiger partial charge in [-0.05, 0) is 49.6 Å². The third kappa shape index (κ3) is 2.18. The summed E-state index contributed by atoms with van der Waals surface area (Å²) in [6.45, 7) is 0. The number of aromatic nitrogens is 4. The zero-order valence-corrected chi connectivity index (χ0v) is 11.7.